The number of hydrogen-bond acceptors (Lipinski definition) is 5. The minimum absolute atomic E-state index is 0.00936. The van der Waals surface area contributed by atoms with Crippen LogP contribution in [0.15, 0.2) is 42.6 Å². The number of carbonyl (C=O) groups is 2. The standard InChI is InChI=1S/C19H19ClN6O2/c1-11(2)18-23-17(25-26(18)15-9-5-4-7-13(15)20)19(28)24-16-14(22-12(3)27)8-6-10-21-16/h4-11H,1-3H3,(H,22,27)(H,21,24,28). The van der Waals surface area contributed by atoms with E-state index in [1.165, 1.54) is 13.1 Å². The molecule has 2 heterocycles. The summed E-state index contributed by atoms with van der Waals surface area (Å²) in [6.07, 6.45) is 1.51. The summed E-state index contributed by atoms with van der Waals surface area (Å²) in [5, 5.41) is 10.1. The molecule has 0 saturated carbocycles. The number of carbonyl (C=O) groups excluding carboxylic acids is 2. The molecule has 3 rings (SSSR count). The van der Waals surface area contributed by atoms with E-state index in [-0.39, 0.29) is 23.5 Å². The Morgan fingerprint density at radius 2 is 1.86 bits per heavy atom. The Labute approximate surface area is 167 Å². The number of halogens is 1. The molecule has 0 radical (unpaired) electrons. The average molecular weight is 399 g/mol. The normalized spacial score (nSPS) is 10.8. The van der Waals surface area contributed by atoms with Gasteiger partial charge in [0.15, 0.2) is 5.82 Å². The van der Waals surface area contributed by atoms with Crippen LogP contribution in [0.2, 0.25) is 5.02 Å². The highest BCUT2D eigenvalue weighted by Gasteiger charge is 2.21. The van der Waals surface area contributed by atoms with Crippen molar-refractivity contribution < 1.29 is 9.59 Å². The van der Waals surface area contributed by atoms with E-state index < -0.39 is 5.91 Å². The smallest absolute Gasteiger partial charge is 0.296 e. The lowest BCUT2D eigenvalue weighted by Crippen LogP contribution is -2.17. The van der Waals surface area contributed by atoms with E-state index in [9.17, 15) is 9.59 Å². The summed E-state index contributed by atoms with van der Waals surface area (Å²) in [4.78, 5) is 32.5. The Balaban J connectivity index is 1.95. The van der Waals surface area contributed by atoms with Gasteiger partial charge >= 0.3 is 0 Å². The Morgan fingerprint density at radius 3 is 2.54 bits per heavy atom. The molecule has 0 atom stereocenters. The fourth-order valence-electron chi connectivity index (χ4n) is 2.55. The first kappa shape index (κ1) is 19.5. The van der Waals surface area contributed by atoms with E-state index in [2.05, 4.69) is 25.7 Å². The molecule has 0 saturated heterocycles. The molecule has 9 heteroatoms. The Bertz CT molecular complexity index is 1030. The molecule has 2 N–H and O–H groups in total. The second kappa shape index (κ2) is 8.18. The van der Waals surface area contributed by atoms with E-state index in [1.54, 1.807) is 28.9 Å². The van der Waals surface area contributed by atoms with Crippen LogP contribution in [0.25, 0.3) is 5.69 Å². The fourth-order valence-corrected chi connectivity index (χ4v) is 2.77. The van der Waals surface area contributed by atoms with Crippen molar-refractivity contribution in [1.82, 2.24) is 19.7 Å². The van der Waals surface area contributed by atoms with E-state index in [0.717, 1.165) is 0 Å². The van der Waals surface area contributed by atoms with Crippen molar-refractivity contribution in [2.45, 2.75) is 26.7 Å². The van der Waals surface area contributed by atoms with Crippen LogP contribution in [0.4, 0.5) is 11.5 Å². The summed E-state index contributed by atoms with van der Waals surface area (Å²) >= 11 is 6.28. The maximum Gasteiger partial charge on any atom is 0.296 e. The molecule has 0 spiro atoms. The molecule has 1 aromatic carbocycles. The van der Waals surface area contributed by atoms with Crippen molar-refractivity contribution in [3.63, 3.8) is 0 Å². The van der Waals surface area contributed by atoms with Crippen molar-refractivity contribution in [1.29, 1.82) is 0 Å². The third kappa shape index (κ3) is 4.17. The molecule has 0 fully saturated rings. The van der Waals surface area contributed by atoms with Crippen LogP contribution in [-0.2, 0) is 4.79 Å². The quantitative estimate of drug-likeness (QED) is 0.683. The summed E-state index contributed by atoms with van der Waals surface area (Å²) in [6, 6.07) is 10.5. The summed E-state index contributed by atoms with van der Waals surface area (Å²) in [5.74, 6) is -0.0212. The van der Waals surface area contributed by atoms with Crippen molar-refractivity contribution in [3.05, 3.63) is 59.3 Å². The molecule has 0 aliphatic rings. The highest BCUT2D eigenvalue weighted by atomic mass is 35.5. The highest BCUT2D eigenvalue weighted by Crippen LogP contribution is 2.24. The Kier molecular flexibility index (Phi) is 5.70. The van der Waals surface area contributed by atoms with E-state index >= 15 is 0 Å². The minimum Gasteiger partial charge on any atom is -0.323 e. The van der Waals surface area contributed by atoms with Crippen LogP contribution in [0, 0.1) is 0 Å². The summed E-state index contributed by atoms with van der Waals surface area (Å²) < 4.78 is 1.56. The third-order valence-electron chi connectivity index (χ3n) is 3.78. The topological polar surface area (TPSA) is 102 Å². The number of hydrogen-bond donors (Lipinski definition) is 2. The largest absolute Gasteiger partial charge is 0.323 e. The zero-order chi connectivity index (χ0) is 20.3. The van der Waals surface area contributed by atoms with E-state index in [0.29, 0.717) is 22.2 Å². The molecule has 144 valence electrons. The van der Waals surface area contributed by atoms with Gasteiger partial charge < -0.3 is 10.6 Å². The molecule has 0 bridgehead atoms. The maximum atomic E-state index is 12.7. The zero-order valence-corrected chi connectivity index (χ0v) is 16.4. The molecule has 0 aliphatic heterocycles. The van der Waals surface area contributed by atoms with Gasteiger partial charge in [-0.2, -0.15) is 0 Å². The first-order valence-corrected chi connectivity index (χ1v) is 9.00. The number of amides is 2. The second-order valence-electron chi connectivity index (χ2n) is 6.35. The highest BCUT2D eigenvalue weighted by molar-refractivity contribution is 6.32. The summed E-state index contributed by atoms with van der Waals surface area (Å²) in [6.45, 7) is 5.28. The van der Waals surface area contributed by atoms with Crippen molar-refractivity contribution in [2.75, 3.05) is 10.6 Å². The van der Waals surface area contributed by atoms with Gasteiger partial charge in [0.25, 0.3) is 5.91 Å². The predicted molar refractivity (Wildman–Crippen MR) is 107 cm³/mol. The summed E-state index contributed by atoms with van der Waals surface area (Å²) in [7, 11) is 0. The van der Waals surface area contributed by atoms with Crippen molar-refractivity contribution >= 4 is 34.9 Å². The monoisotopic (exact) mass is 398 g/mol. The maximum absolute atomic E-state index is 12.7. The Morgan fingerprint density at radius 1 is 1.11 bits per heavy atom. The van der Waals surface area contributed by atoms with Crippen LogP contribution >= 0.6 is 11.6 Å². The molecule has 0 unspecified atom stereocenters. The van der Waals surface area contributed by atoms with Gasteiger partial charge in [-0.25, -0.2) is 14.6 Å². The summed E-state index contributed by atoms with van der Waals surface area (Å²) in [5.41, 5.74) is 1.02. The predicted octanol–water partition coefficient (Wildman–Crippen LogP) is 3.65. The first-order valence-electron chi connectivity index (χ1n) is 8.62. The molecule has 28 heavy (non-hydrogen) atoms. The zero-order valence-electron chi connectivity index (χ0n) is 15.6. The molecular weight excluding hydrogens is 380 g/mol. The van der Waals surface area contributed by atoms with E-state index in [4.69, 9.17) is 11.6 Å². The van der Waals surface area contributed by atoms with Gasteiger partial charge in [0.05, 0.1) is 16.4 Å². The van der Waals surface area contributed by atoms with Gasteiger partial charge in [0, 0.05) is 19.0 Å². The second-order valence-corrected chi connectivity index (χ2v) is 6.75. The van der Waals surface area contributed by atoms with Crippen LogP contribution < -0.4 is 10.6 Å². The molecule has 2 amide bonds. The van der Waals surface area contributed by atoms with Gasteiger partial charge in [-0.15, -0.1) is 5.10 Å². The number of rotatable bonds is 5. The molecule has 0 aliphatic carbocycles. The lowest BCUT2D eigenvalue weighted by Gasteiger charge is -2.09. The number of anilines is 2. The number of para-hydroxylation sites is 1. The number of aromatic nitrogens is 4. The van der Waals surface area contributed by atoms with Gasteiger partial charge in [-0.1, -0.05) is 37.6 Å². The molecule has 3 aromatic rings. The van der Waals surface area contributed by atoms with Gasteiger partial charge in [-0.05, 0) is 24.3 Å². The third-order valence-corrected chi connectivity index (χ3v) is 4.10. The first-order chi connectivity index (χ1) is 13.4. The number of benzene rings is 1. The van der Waals surface area contributed by atoms with E-state index in [1.807, 2.05) is 26.0 Å². The van der Waals surface area contributed by atoms with Gasteiger partial charge in [0.2, 0.25) is 11.7 Å². The lowest BCUT2D eigenvalue weighted by atomic mass is 10.2. The fraction of sp³-hybridized carbons (Fsp3) is 0.211. The van der Waals surface area contributed by atoms with Crippen molar-refractivity contribution in [2.24, 2.45) is 0 Å². The molecule has 8 nitrogen and oxygen atoms in total. The number of nitrogens with one attached hydrogen (secondary N) is 2. The van der Waals surface area contributed by atoms with Gasteiger partial charge in [0.1, 0.15) is 5.82 Å². The van der Waals surface area contributed by atoms with Crippen LogP contribution in [-0.4, -0.2) is 31.6 Å². The minimum atomic E-state index is -0.544. The van der Waals surface area contributed by atoms with Crippen molar-refractivity contribution in [3.8, 4) is 5.69 Å². The van der Waals surface area contributed by atoms with Gasteiger partial charge in [-0.3, -0.25) is 9.59 Å². The average Bonchev–Trinajstić information content (AvgIpc) is 3.09. The number of nitrogens with zero attached hydrogens (tertiary/aromatic N) is 4. The lowest BCUT2D eigenvalue weighted by molar-refractivity contribution is -0.114. The Hall–Kier alpha value is -3.26. The van der Waals surface area contributed by atoms with Crippen LogP contribution in [0.5, 0.6) is 0 Å². The van der Waals surface area contributed by atoms with Crippen LogP contribution in [0.3, 0.4) is 0 Å². The number of pyridine rings is 1. The van der Waals surface area contributed by atoms with Crippen LogP contribution in [0.1, 0.15) is 43.1 Å². The molecule has 2 aromatic heterocycles. The SMILES string of the molecule is CC(=O)Nc1cccnc1NC(=O)c1nc(C(C)C)n(-c2ccccc2Cl)n1. The molecular formula is C19H19ClN6O2.